The lowest BCUT2D eigenvalue weighted by molar-refractivity contribution is -0.137. The fraction of sp³-hybridized carbons (Fsp3) is 0.286. The van der Waals surface area contributed by atoms with Gasteiger partial charge in [-0.15, -0.1) is 0 Å². The molecule has 2 heterocycles. The first-order valence-electron chi connectivity index (χ1n) is 8.91. The van der Waals surface area contributed by atoms with E-state index >= 15 is 0 Å². The topological polar surface area (TPSA) is 76.2 Å². The Balaban J connectivity index is 1.72. The maximum atomic E-state index is 10.5. The van der Waals surface area contributed by atoms with Crippen molar-refractivity contribution in [2.45, 2.75) is 38.5 Å². The van der Waals surface area contributed by atoms with E-state index in [2.05, 4.69) is 4.98 Å². The summed E-state index contributed by atoms with van der Waals surface area (Å²) in [6.45, 7) is 0. The Labute approximate surface area is 152 Å². The zero-order chi connectivity index (χ0) is 18.2. The monoisotopic (exact) mass is 350 g/mol. The Morgan fingerprint density at radius 2 is 1.65 bits per heavy atom. The standard InChI is InChI=1S/C21H22N2O3/c24-19(25)11-7-2-1-6-10-18-23-20(16-8-4-3-5-9-16)21(26-18)17-12-14-22-15-13-17/h3-5,8-9,12-15H,1-2,6-7,10-11H2,(H,24,25). The Bertz CT molecular complexity index is 772. The highest BCUT2D eigenvalue weighted by Gasteiger charge is 2.16. The van der Waals surface area contributed by atoms with Gasteiger partial charge in [-0.1, -0.05) is 43.2 Å². The van der Waals surface area contributed by atoms with E-state index in [1.165, 1.54) is 0 Å². The van der Waals surface area contributed by atoms with Gasteiger partial charge in [-0.3, -0.25) is 9.78 Å². The number of hydrogen-bond donors (Lipinski definition) is 1. The van der Waals surface area contributed by atoms with Crippen LogP contribution in [0.3, 0.4) is 0 Å². The number of carboxylic acids is 1. The summed E-state index contributed by atoms with van der Waals surface area (Å²) in [5.74, 6) is 0.751. The second kappa shape index (κ2) is 8.94. The first-order valence-corrected chi connectivity index (χ1v) is 8.91. The van der Waals surface area contributed by atoms with Crippen molar-refractivity contribution in [3.05, 3.63) is 60.7 Å². The SMILES string of the molecule is O=C(O)CCCCCCc1nc(-c2ccccc2)c(-c2ccncc2)o1. The molecule has 0 radical (unpaired) electrons. The number of aromatic nitrogens is 2. The Kier molecular flexibility index (Phi) is 6.14. The van der Waals surface area contributed by atoms with E-state index in [0.717, 1.165) is 54.7 Å². The maximum Gasteiger partial charge on any atom is 0.303 e. The Hall–Kier alpha value is -2.95. The zero-order valence-corrected chi connectivity index (χ0v) is 14.6. The summed E-state index contributed by atoms with van der Waals surface area (Å²) in [6, 6.07) is 13.8. The van der Waals surface area contributed by atoms with Gasteiger partial charge in [0.1, 0.15) is 5.69 Å². The van der Waals surface area contributed by atoms with Gasteiger partial charge in [0.15, 0.2) is 11.7 Å². The smallest absolute Gasteiger partial charge is 0.303 e. The average Bonchev–Trinajstić information content (AvgIpc) is 3.10. The van der Waals surface area contributed by atoms with E-state index < -0.39 is 5.97 Å². The van der Waals surface area contributed by atoms with Gasteiger partial charge in [0.05, 0.1) is 0 Å². The van der Waals surface area contributed by atoms with Crippen LogP contribution in [0.1, 0.15) is 38.0 Å². The van der Waals surface area contributed by atoms with E-state index in [1.54, 1.807) is 12.4 Å². The van der Waals surface area contributed by atoms with Crippen molar-refractivity contribution in [1.82, 2.24) is 9.97 Å². The summed E-state index contributed by atoms with van der Waals surface area (Å²) in [5.41, 5.74) is 2.83. The second-order valence-corrected chi connectivity index (χ2v) is 6.20. The van der Waals surface area contributed by atoms with Crippen LogP contribution in [0.5, 0.6) is 0 Å². The molecule has 3 rings (SSSR count). The van der Waals surface area contributed by atoms with Gasteiger partial charge in [0.25, 0.3) is 0 Å². The molecule has 0 saturated carbocycles. The van der Waals surface area contributed by atoms with Crippen LogP contribution in [0.4, 0.5) is 0 Å². The highest BCUT2D eigenvalue weighted by atomic mass is 16.4. The molecule has 1 N–H and O–H groups in total. The minimum absolute atomic E-state index is 0.239. The lowest BCUT2D eigenvalue weighted by Crippen LogP contribution is -1.94. The van der Waals surface area contributed by atoms with E-state index in [0.29, 0.717) is 5.89 Å². The molecular formula is C21H22N2O3. The molecule has 0 atom stereocenters. The van der Waals surface area contributed by atoms with Crippen LogP contribution in [-0.4, -0.2) is 21.0 Å². The molecule has 5 heteroatoms. The summed E-state index contributed by atoms with van der Waals surface area (Å²) < 4.78 is 6.07. The highest BCUT2D eigenvalue weighted by Crippen LogP contribution is 2.32. The molecule has 5 nitrogen and oxygen atoms in total. The van der Waals surface area contributed by atoms with Crippen molar-refractivity contribution in [3.8, 4) is 22.6 Å². The predicted molar refractivity (Wildman–Crippen MR) is 99.6 cm³/mol. The van der Waals surface area contributed by atoms with Gasteiger partial charge in [-0.2, -0.15) is 0 Å². The van der Waals surface area contributed by atoms with Crippen molar-refractivity contribution >= 4 is 5.97 Å². The molecule has 0 unspecified atom stereocenters. The molecule has 0 aliphatic heterocycles. The number of carboxylic acid groups (broad SMARTS) is 1. The Morgan fingerprint density at radius 3 is 2.38 bits per heavy atom. The first-order chi connectivity index (χ1) is 12.7. The lowest BCUT2D eigenvalue weighted by atomic mass is 10.1. The van der Waals surface area contributed by atoms with E-state index in [9.17, 15) is 4.79 Å². The highest BCUT2D eigenvalue weighted by molar-refractivity contribution is 5.76. The molecule has 0 bridgehead atoms. The maximum absolute atomic E-state index is 10.5. The van der Waals surface area contributed by atoms with Gasteiger partial charge in [0.2, 0.25) is 0 Å². The number of hydrogen-bond acceptors (Lipinski definition) is 4. The van der Waals surface area contributed by atoms with Crippen molar-refractivity contribution in [2.75, 3.05) is 0 Å². The number of aliphatic carboxylic acids is 1. The molecule has 0 spiro atoms. The summed E-state index contributed by atoms with van der Waals surface area (Å²) in [7, 11) is 0. The quantitative estimate of drug-likeness (QED) is 0.551. The van der Waals surface area contributed by atoms with Gasteiger partial charge >= 0.3 is 5.97 Å². The van der Waals surface area contributed by atoms with E-state index in [4.69, 9.17) is 14.5 Å². The first kappa shape index (κ1) is 17.9. The molecular weight excluding hydrogens is 328 g/mol. The normalized spacial score (nSPS) is 10.8. The van der Waals surface area contributed by atoms with Crippen LogP contribution in [-0.2, 0) is 11.2 Å². The minimum Gasteiger partial charge on any atom is -0.481 e. The number of aryl methyl sites for hydroxylation is 1. The summed E-state index contributed by atoms with van der Waals surface area (Å²) in [4.78, 5) is 19.3. The summed E-state index contributed by atoms with van der Waals surface area (Å²) in [6.07, 6.45) is 8.02. The van der Waals surface area contributed by atoms with Gasteiger partial charge < -0.3 is 9.52 Å². The molecule has 0 aliphatic rings. The number of rotatable bonds is 9. The average molecular weight is 350 g/mol. The fourth-order valence-corrected chi connectivity index (χ4v) is 2.87. The van der Waals surface area contributed by atoms with Crippen LogP contribution in [0.25, 0.3) is 22.6 Å². The van der Waals surface area contributed by atoms with Crippen molar-refractivity contribution in [1.29, 1.82) is 0 Å². The van der Waals surface area contributed by atoms with Crippen LogP contribution < -0.4 is 0 Å². The third-order valence-corrected chi connectivity index (χ3v) is 4.19. The van der Waals surface area contributed by atoms with Gasteiger partial charge in [-0.25, -0.2) is 4.98 Å². The summed E-state index contributed by atoms with van der Waals surface area (Å²) >= 11 is 0. The molecule has 0 saturated heterocycles. The number of oxazole rings is 1. The molecule has 0 aliphatic carbocycles. The predicted octanol–water partition coefficient (Wildman–Crippen LogP) is 4.98. The van der Waals surface area contributed by atoms with Crippen molar-refractivity contribution in [3.63, 3.8) is 0 Å². The summed E-state index contributed by atoms with van der Waals surface area (Å²) in [5, 5.41) is 8.67. The largest absolute Gasteiger partial charge is 0.481 e. The number of nitrogens with zero attached hydrogens (tertiary/aromatic N) is 2. The molecule has 134 valence electrons. The molecule has 0 amide bonds. The van der Waals surface area contributed by atoms with Gasteiger partial charge in [0, 0.05) is 36.4 Å². The van der Waals surface area contributed by atoms with E-state index in [-0.39, 0.29) is 6.42 Å². The number of pyridine rings is 1. The molecule has 26 heavy (non-hydrogen) atoms. The van der Waals surface area contributed by atoms with Crippen LogP contribution in [0.2, 0.25) is 0 Å². The van der Waals surface area contributed by atoms with Crippen LogP contribution >= 0.6 is 0 Å². The third-order valence-electron chi connectivity index (χ3n) is 4.19. The zero-order valence-electron chi connectivity index (χ0n) is 14.6. The molecule has 2 aromatic heterocycles. The fourth-order valence-electron chi connectivity index (χ4n) is 2.87. The number of benzene rings is 1. The lowest BCUT2D eigenvalue weighted by Gasteiger charge is -2.00. The van der Waals surface area contributed by atoms with Gasteiger partial charge in [-0.05, 0) is 25.0 Å². The molecule has 1 aromatic carbocycles. The van der Waals surface area contributed by atoms with Crippen molar-refractivity contribution < 1.29 is 14.3 Å². The number of unbranched alkanes of at least 4 members (excludes halogenated alkanes) is 3. The minimum atomic E-state index is -0.729. The van der Waals surface area contributed by atoms with Crippen molar-refractivity contribution in [2.24, 2.45) is 0 Å². The van der Waals surface area contributed by atoms with Crippen LogP contribution in [0, 0.1) is 0 Å². The Morgan fingerprint density at radius 1 is 0.923 bits per heavy atom. The molecule has 0 fully saturated rings. The molecule has 3 aromatic rings. The second-order valence-electron chi connectivity index (χ2n) is 6.20. The van der Waals surface area contributed by atoms with Crippen LogP contribution in [0.15, 0.2) is 59.3 Å². The number of carbonyl (C=O) groups is 1. The van der Waals surface area contributed by atoms with E-state index in [1.807, 2.05) is 42.5 Å². The third kappa shape index (κ3) is 4.79.